The molecule has 0 amide bonds. The van der Waals surface area contributed by atoms with Gasteiger partial charge in [0.25, 0.3) is 0 Å². The Morgan fingerprint density at radius 2 is 2.22 bits per heavy atom. The number of benzene rings is 1. The Hall–Kier alpha value is -2.34. The summed E-state index contributed by atoms with van der Waals surface area (Å²) in [4.78, 5) is 4.25. The standard InChI is InChI=1S/C17H23N5O/c1-18-17(20-13-16-4-2-11-23-16)19-12-14-5-7-15(8-6-14)22-10-3-9-21-22/h3,5-10,16H,2,4,11-13H2,1H3,(H2,18,19,20). The van der Waals surface area contributed by atoms with Gasteiger partial charge < -0.3 is 15.4 Å². The van der Waals surface area contributed by atoms with Crippen LogP contribution in [0, 0.1) is 0 Å². The lowest BCUT2D eigenvalue weighted by atomic mass is 10.2. The molecule has 6 nitrogen and oxygen atoms in total. The Morgan fingerprint density at radius 1 is 1.35 bits per heavy atom. The van der Waals surface area contributed by atoms with Crippen LogP contribution in [0.15, 0.2) is 47.7 Å². The average Bonchev–Trinajstić information content (AvgIpc) is 3.29. The number of nitrogens with zero attached hydrogens (tertiary/aromatic N) is 3. The van der Waals surface area contributed by atoms with Crippen LogP contribution in [0.1, 0.15) is 18.4 Å². The Bertz CT molecular complexity index is 615. The maximum atomic E-state index is 5.61. The summed E-state index contributed by atoms with van der Waals surface area (Å²) in [5.41, 5.74) is 2.25. The van der Waals surface area contributed by atoms with Crippen LogP contribution >= 0.6 is 0 Å². The zero-order chi connectivity index (χ0) is 15.9. The van der Waals surface area contributed by atoms with Gasteiger partial charge in [-0.25, -0.2) is 4.68 Å². The van der Waals surface area contributed by atoms with E-state index in [9.17, 15) is 0 Å². The molecular weight excluding hydrogens is 290 g/mol. The van der Waals surface area contributed by atoms with E-state index in [1.807, 2.05) is 16.9 Å². The molecule has 1 aliphatic rings. The maximum absolute atomic E-state index is 5.61. The molecule has 1 aromatic carbocycles. The lowest BCUT2D eigenvalue weighted by Crippen LogP contribution is -2.40. The van der Waals surface area contributed by atoms with Gasteiger partial charge in [-0.15, -0.1) is 0 Å². The van der Waals surface area contributed by atoms with Crippen molar-refractivity contribution in [2.24, 2.45) is 4.99 Å². The van der Waals surface area contributed by atoms with E-state index < -0.39 is 0 Å². The topological polar surface area (TPSA) is 63.5 Å². The van der Waals surface area contributed by atoms with Gasteiger partial charge in [0.15, 0.2) is 5.96 Å². The van der Waals surface area contributed by atoms with Crippen molar-refractivity contribution < 1.29 is 4.74 Å². The highest BCUT2D eigenvalue weighted by molar-refractivity contribution is 5.79. The van der Waals surface area contributed by atoms with Crippen molar-refractivity contribution in [2.45, 2.75) is 25.5 Å². The van der Waals surface area contributed by atoms with Gasteiger partial charge in [-0.3, -0.25) is 4.99 Å². The van der Waals surface area contributed by atoms with Crippen LogP contribution in [0.25, 0.3) is 5.69 Å². The molecule has 0 aliphatic carbocycles. The van der Waals surface area contributed by atoms with Gasteiger partial charge in [0.1, 0.15) is 0 Å². The first kappa shape index (κ1) is 15.6. The fourth-order valence-corrected chi connectivity index (χ4v) is 2.61. The summed E-state index contributed by atoms with van der Waals surface area (Å²) in [7, 11) is 1.78. The Morgan fingerprint density at radius 3 is 2.87 bits per heavy atom. The molecule has 0 spiro atoms. The smallest absolute Gasteiger partial charge is 0.191 e. The van der Waals surface area contributed by atoms with Gasteiger partial charge in [-0.05, 0) is 36.6 Å². The Labute approximate surface area is 136 Å². The first-order valence-electron chi connectivity index (χ1n) is 8.00. The fraction of sp³-hybridized carbons (Fsp3) is 0.412. The minimum atomic E-state index is 0.307. The number of hydrogen-bond acceptors (Lipinski definition) is 3. The minimum absolute atomic E-state index is 0.307. The van der Waals surface area contributed by atoms with Crippen molar-refractivity contribution in [3.05, 3.63) is 48.3 Å². The van der Waals surface area contributed by atoms with Crippen molar-refractivity contribution in [2.75, 3.05) is 20.2 Å². The summed E-state index contributed by atoms with van der Waals surface area (Å²) < 4.78 is 7.45. The van der Waals surface area contributed by atoms with Gasteiger partial charge in [0, 0.05) is 39.1 Å². The second-order valence-electron chi connectivity index (χ2n) is 5.56. The van der Waals surface area contributed by atoms with E-state index in [1.54, 1.807) is 13.2 Å². The summed E-state index contributed by atoms with van der Waals surface area (Å²) in [6.45, 7) is 2.41. The minimum Gasteiger partial charge on any atom is -0.376 e. The van der Waals surface area contributed by atoms with E-state index in [2.05, 4.69) is 45.0 Å². The summed E-state index contributed by atoms with van der Waals surface area (Å²) in [6.07, 6.45) is 6.30. The van der Waals surface area contributed by atoms with Crippen molar-refractivity contribution in [3.8, 4) is 5.69 Å². The fourth-order valence-electron chi connectivity index (χ4n) is 2.61. The van der Waals surface area contributed by atoms with Crippen LogP contribution < -0.4 is 10.6 Å². The lowest BCUT2D eigenvalue weighted by molar-refractivity contribution is 0.114. The van der Waals surface area contributed by atoms with Crippen LogP contribution in [0.5, 0.6) is 0 Å². The SMILES string of the molecule is CN=C(NCc1ccc(-n2cccn2)cc1)NCC1CCCO1. The number of ether oxygens (including phenoxy) is 1. The molecule has 1 saturated heterocycles. The molecule has 1 unspecified atom stereocenters. The number of guanidine groups is 1. The summed E-state index contributed by atoms with van der Waals surface area (Å²) in [5, 5.41) is 10.9. The Balaban J connectivity index is 1.48. The second-order valence-corrected chi connectivity index (χ2v) is 5.56. The zero-order valence-corrected chi connectivity index (χ0v) is 13.4. The third-order valence-electron chi connectivity index (χ3n) is 3.91. The van der Waals surface area contributed by atoms with Crippen molar-refractivity contribution in [1.29, 1.82) is 0 Å². The van der Waals surface area contributed by atoms with Gasteiger partial charge in [-0.1, -0.05) is 12.1 Å². The number of rotatable bonds is 5. The zero-order valence-electron chi connectivity index (χ0n) is 13.4. The molecule has 2 aromatic rings. The van der Waals surface area contributed by atoms with Crippen LogP contribution in [0.3, 0.4) is 0 Å². The molecule has 2 N–H and O–H groups in total. The normalized spacial score (nSPS) is 18.1. The number of nitrogens with one attached hydrogen (secondary N) is 2. The van der Waals surface area contributed by atoms with Crippen molar-refractivity contribution in [3.63, 3.8) is 0 Å². The molecule has 0 saturated carbocycles. The van der Waals surface area contributed by atoms with Crippen LogP contribution in [-0.4, -0.2) is 42.0 Å². The highest BCUT2D eigenvalue weighted by Gasteiger charge is 2.15. The Kier molecular flexibility index (Phi) is 5.26. The molecule has 23 heavy (non-hydrogen) atoms. The number of hydrogen-bond donors (Lipinski definition) is 2. The highest BCUT2D eigenvalue weighted by Crippen LogP contribution is 2.10. The van der Waals surface area contributed by atoms with Gasteiger partial charge >= 0.3 is 0 Å². The third kappa shape index (κ3) is 4.32. The molecule has 1 atom stereocenters. The molecule has 1 fully saturated rings. The molecule has 6 heteroatoms. The first-order valence-corrected chi connectivity index (χ1v) is 8.00. The second kappa shape index (κ2) is 7.78. The molecular formula is C17H23N5O. The quantitative estimate of drug-likeness (QED) is 0.652. The van der Waals surface area contributed by atoms with E-state index >= 15 is 0 Å². The maximum Gasteiger partial charge on any atom is 0.191 e. The lowest BCUT2D eigenvalue weighted by Gasteiger charge is -2.15. The largest absolute Gasteiger partial charge is 0.376 e. The molecule has 0 radical (unpaired) electrons. The average molecular weight is 313 g/mol. The van der Waals surface area contributed by atoms with E-state index in [-0.39, 0.29) is 0 Å². The molecule has 2 heterocycles. The third-order valence-corrected chi connectivity index (χ3v) is 3.91. The molecule has 1 aromatic heterocycles. The van der Waals surface area contributed by atoms with Crippen molar-refractivity contribution in [1.82, 2.24) is 20.4 Å². The summed E-state index contributed by atoms with van der Waals surface area (Å²) in [6, 6.07) is 10.2. The van der Waals surface area contributed by atoms with Crippen molar-refractivity contribution >= 4 is 5.96 Å². The van der Waals surface area contributed by atoms with E-state index in [1.165, 1.54) is 5.56 Å². The van der Waals surface area contributed by atoms with E-state index in [0.717, 1.165) is 44.2 Å². The molecule has 3 rings (SSSR count). The van der Waals surface area contributed by atoms with Gasteiger partial charge in [0.2, 0.25) is 0 Å². The molecule has 0 bridgehead atoms. The summed E-state index contributed by atoms with van der Waals surface area (Å²) >= 11 is 0. The van der Waals surface area contributed by atoms with Gasteiger partial charge in [0.05, 0.1) is 11.8 Å². The predicted octanol–water partition coefficient (Wildman–Crippen LogP) is 1.72. The molecule has 1 aliphatic heterocycles. The molecule has 122 valence electrons. The number of aromatic nitrogens is 2. The van der Waals surface area contributed by atoms with E-state index in [0.29, 0.717) is 6.10 Å². The van der Waals surface area contributed by atoms with E-state index in [4.69, 9.17) is 4.74 Å². The monoisotopic (exact) mass is 313 g/mol. The van der Waals surface area contributed by atoms with Crippen LogP contribution in [0.2, 0.25) is 0 Å². The number of aliphatic imine (C=N–C) groups is 1. The first-order chi connectivity index (χ1) is 11.3. The summed E-state index contributed by atoms with van der Waals surface area (Å²) in [5.74, 6) is 0.802. The predicted molar refractivity (Wildman–Crippen MR) is 90.7 cm³/mol. The van der Waals surface area contributed by atoms with Gasteiger partial charge in [-0.2, -0.15) is 5.10 Å². The van der Waals surface area contributed by atoms with Crippen LogP contribution in [-0.2, 0) is 11.3 Å². The highest BCUT2D eigenvalue weighted by atomic mass is 16.5. The van der Waals surface area contributed by atoms with Crippen LogP contribution in [0.4, 0.5) is 0 Å².